The van der Waals surface area contributed by atoms with E-state index in [0.717, 1.165) is 5.75 Å². The molecular weight excluding hydrogens is 280 g/mol. The Balaban J connectivity index is 1.95. The van der Waals surface area contributed by atoms with Crippen LogP contribution < -0.4 is 4.74 Å². The Morgan fingerprint density at radius 1 is 1.30 bits per heavy atom. The number of aliphatic carboxylic acids is 1. The fourth-order valence-corrected chi connectivity index (χ4v) is 2.12. The van der Waals surface area contributed by atoms with Crippen molar-refractivity contribution >= 4 is 17.6 Å². The highest BCUT2D eigenvalue weighted by molar-refractivity contribution is 6.31. The average molecular weight is 295 g/mol. The summed E-state index contributed by atoms with van der Waals surface area (Å²) in [6.07, 6.45) is 4.92. The predicted molar refractivity (Wildman–Crippen MR) is 75.9 cm³/mol. The van der Waals surface area contributed by atoms with Crippen LogP contribution in [0.15, 0.2) is 53.6 Å². The van der Waals surface area contributed by atoms with E-state index in [1.807, 2.05) is 36.4 Å². The maximum atomic E-state index is 10.6. The summed E-state index contributed by atoms with van der Waals surface area (Å²) in [5.41, 5.74) is 0. The average Bonchev–Trinajstić information content (AvgIpc) is 2.45. The van der Waals surface area contributed by atoms with Crippen LogP contribution in [0, 0.1) is 5.92 Å². The van der Waals surface area contributed by atoms with Gasteiger partial charge in [0.1, 0.15) is 12.4 Å². The minimum Gasteiger partial charge on any atom is -0.493 e. The van der Waals surface area contributed by atoms with Crippen molar-refractivity contribution in [1.29, 1.82) is 0 Å². The van der Waals surface area contributed by atoms with Gasteiger partial charge in [0.2, 0.25) is 0 Å². The molecule has 0 amide bonds. The minimum atomic E-state index is -0.998. The zero-order valence-electron chi connectivity index (χ0n) is 10.7. The fraction of sp³-hybridized carbons (Fsp3) is 0.267. The smallest absolute Gasteiger partial charge is 0.329 e. The Morgan fingerprint density at radius 2 is 2.05 bits per heavy atom. The number of rotatable bonds is 6. The molecule has 1 aliphatic rings. The molecule has 2 rings (SSSR count). The molecule has 1 N–H and O–H groups in total. The number of halogens is 1. The van der Waals surface area contributed by atoms with Gasteiger partial charge in [-0.25, -0.2) is 4.79 Å². The quantitative estimate of drug-likeness (QED) is 0.876. The van der Waals surface area contributed by atoms with Crippen LogP contribution in [0.5, 0.6) is 5.75 Å². The first-order chi connectivity index (χ1) is 9.65. The number of allylic oxidation sites excluding steroid dienone is 2. The number of hydrogen-bond acceptors (Lipinski definition) is 3. The molecule has 0 fully saturated rings. The summed E-state index contributed by atoms with van der Waals surface area (Å²) < 4.78 is 11.0. The Hall–Kier alpha value is -1.78. The van der Waals surface area contributed by atoms with Crippen molar-refractivity contribution in [2.75, 3.05) is 13.2 Å². The van der Waals surface area contributed by atoms with Gasteiger partial charge in [-0.2, -0.15) is 0 Å². The van der Waals surface area contributed by atoms with E-state index in [1.165, 1.54) is 0 Å². The van der Waals surface area contributed by atoms with Gasteiger partial charge in [0.05, 0.1) is 12.7 Å². The van der Waals surface area contributed by atoms with Gasteiger partial charge in [0.25, 0.3) is 0 Å². The Bertz CT molecular complexity index is 510. The van der Waals surface area contributed by atoms with Crippen LogP contribution in [0.4, 0.5) is 0 Å². The number of carbonyl (C=O) groups is 1. The van der Waals surface area contributed by atoms with Crippen molar-refractivity contribution in [2.24, 2.45) is 5.92 Å². The maximum absolute atomic E-state index is 10.6. The van der Waals surface area contributed by atoms with Crippen molar-refractivity contribution in [2.45, 2.75) is 6.10 Å². The van der Waals surface area contributed by atoms with Gasteiger partial charge in [0, 0.05) is 11.0 Å². The minimum absolute atomic E-state index is 0.118. The number of para-hydroxylation sites is 1. The Labute approximate surface area is 122 Å². The summed E-state index contributed by atoms with van der Waals surface area (Å²) in [6.45, 7) is 0.0250. The van der Waals surface area contributed by atoms with Gasteiger partial charge in [0.15, 0.2) is 0 Å². The molecule has 4 nitrogen and oxygen atoms in total. The second-order valence-corrected chi connectivity index (χ2v) is 4.80. The lowest BCUT2D eigenvalue weighted by atomic mass is 9.98. The van der Waals surface area contributed by atoms with Crippen LogP contribution in [-0.2, 0) is 9.53 Å². The lowest BCUT2D eigenvalue weighted by molar-refractivity contribution is -0.144. The van der Waals surface area contributed by atoms with Gasteiger partial charge >= 0.3 is 5.97 Å². The SMILES string of the molecule is O=C(O)COC1C=CC(Cl)=C[C@@H]1COc1ccccc1. The molecule has 0 saturated heterocycles. The molecule has 2 atom stereocenters. The standard InChI is InChI=1S/C15H15ClO4/c16-12-6-7-14(20-10-15(17)18)11(8-12)9-19-13-4-2-1-3-5-13/h1-8,11,14H,9-10H2,(H,17,18)/t11-,14?/m1/s1. The number of carboxylic acids is 1. The maximum Gasteiger partial charge on any atom is 0.329 e. The summed E-state index contributed by atoms with van der Waals surface area (Å²) >= 11 is 5.97. The largest absolute Gasteiger partial charge is 0.493 e. The fourth-order valence-electron chi connectivity index (χ4n) is 1.88. The second-order valence-electron chi connectivity index (χ2n) is 4.37. The van der Waals surface area contributed by atoms with E-state index in [1.54, 1.807) is 12.2 Å². The molecule has 20 heavy (non-hydrogen) atoms. The Morgan fingerprint density at radius 3 is 2.75 bits per heavy atom. The van der Waals surface area contributed by atoms with Crippen molar-refractivity contribution < 1.29 is 19.4 Å². The third kappa shape index (κ3) is 4.40. The predicted octanol–water partition coefficient (Wildman–Crippen LogP) is 2.84. The van der Waals surface area contributed by atoms with E-state index >= 15 is 0 Å². The van der Waals surface area contributed by atoms with Crippen molar-refractivity contribution in [3.63, 3.8) is 0 Å². The molecule has 5 heteroatoms. The first-order valence-electron chi connectivity index (χ1n) is 6.22. The van der Waals surface area contributed by atoms with Crippen LogP contribution >= 0.6 is 11.6 Å². The molecular formula is C15H15ClO4. The molecule has 1 aliphatic carbocycles. The Kier molecular flexibility index (Phi) is 5.21. The number of benzene rings is 1. The summed E-state index contributed by atoms with van der Waals surface area (Å²) in [5.74, 6) is -0.364. The first kappa shape index (κ1) is 14.6. The van der Waals surface area contributed by atoms with Gasteiger partial charge in [-0.1, -0.05) is 42.0 Å². The monoisotopic (exact) mass is 294 g/mol. The second kappa shape index (κ2) is 7.12. The molecule has 1 aromatic carbocycles. The zero-order valence-corrected chi connectivity index (χ0v) is 11.5. The molecule has 1 aromatic rings. The normalized spacial score (nSPS) is 21.4. The zero-order chi connectivity index (χ0) is 14.4. The van der Waals surface area contributed by atoms with Gasteiger partial charge in [-0.05, 0) is 18.2 Å². The molecule has 0 saturated carbocycles. The molecule has 0 radical (unpaired) electrons. The van der Waals surface area contributed by atoms with E-state index in [-0.39, 0.29) is 18.6 Å². The molecule has 0 spiro atoms. The van der Waals surface area contributed by atoms with Crippen LogP contribution in [-0.4, -0.2) is 30.4 Å². The van der Waals surface area contributed by atoms with E-state index < -0.39 is 5.97 Å². The molecule has 0 bridgehead atoms. The summed E-state index contributed by atoms with van der Waals surface area (Å²) in [4.78, 5) is 10.6. The third-order valence-electron chi connectivity index (χ3n) is 2.83. The van der Waals surface area contributed by atoms with Gasteiger partial charge < -0.3 is 14.6 Å². The highest BCUT2D eigenvalue weighted by Gasteiger charge is 2.23. The van der Waals surface area contributed by atoms with Crippen molar-refractivity contribution in [3.8, 4) is 5.75 Å². The van der Waals surface area contributed by atoms with Crippen LogP contribution in [0.25, 0.3) is 0 Å². The summed E-state index contributed by atoms with van der Waals surface area (Å²) in [6, 6.07) is 9.40. The summed E-state index contributed by atoms with van der Waals surface area (Å²) in [7, 11) is 0. The van der Waals surface area contributed by atoms with E-state index in [2.05, 4.69) is 0 Å². The third-order valence-corrected chi connectivity index (χ3v) is 3.08. The molecule has 106 valence electrons. The highest BCUT2D eigenvalue weighted by Crippen LogP contribution is 2.23. The molecule has 1 unspecified atom stereocenters. The van der Waals surface area contributed by atoms with E-state index in [9.17, 15) is 4.79 Å². The summed E-state index contributed by atoms with van der Waals surface area (Å²) in [5, 5.41) is 9.27. The molecule has 0 aromatic heterocycles. The van der Waals surface area contributed by atoms with Gasteiger partial charge in [-0.15, -0.1) is 0 Å². The van der Waals surface area contributed by atoms with Gasteiger partial charge in [-0.3, -0.25) is 0 Å². The topological polar surface area (TPSA) is 55.8 Å². The van der Waals surface area contributed by atoms with E-state index in [0.29, 0.717) is 11.6 Å². The lowest BCUT2D eigenvalue weighted by Gasteiger charge is -2.24. The van der Waals surface area contributed by atoms with Crippen molar-refractivity contribution in [3.05, 3.63) is 53.6 Å². The number of carboxylic acid groups (broad SMARTS) is 1. The number of ether oxygens (including phenoxy) is 2. The molecule has 0 aliphatic heterocycles. The first-order valence-corrected chi connectivity index (χ1v) is 6.60. The highest BCUT2D eigenvalue weighted by atomic mass is 35.5. The number of hydrogen-bond donors (Lipinski definition) is 1. The van der Waals surface area contributed by atoms with Crippen LogP contribution in [0.3, 0.4) is 0 Å². The van der Waals surface area contributed by atoms with Crippen LogP contribution in [0.1, 0.15) is 0 Å². The molecule has 0 heterocycles. The van der Waals surface area contributed by atoms with Crippen molar-refractivity contribution in [1.82, 2.24) is 0 Å². The van der Waals surface area contributed by atoms with Crippen LogP contribution in [0.2, 0.25) is 0 Å². The lowest BCUT2D eigenvalue weighted by Crippen LogP contribution is -2.29. The van der Waals surface area contributed by atoms with E-state index in [4.69, 9.17) is 26.2 Å².